The number of esters is 1. The molecule has 1 aromatic carbocycles. The van der Waals surface area contributed by atoms with E-state index in [4.69, 9.17) is 4.74 Å². The van der Waals surface area contributed by atoms with E-state index in [1.807, 2.05) is 4.68 Å². The molecule has 0 spiro atoms. The van der Waals surface area contributed by atoms with Crippen LogP contribution in [0.3, 0.4) is 0 Å². The molecular weight excluding hydrogens is 438 g/mol. The Morgan fingerprint density at radius 1 is 1.09 bits per heavy atom. The fraction of sp³-hybridized carbons (Fsp3) is 0.621. The number of benzene rings is 1. The van der Waals surface area contributed by atoms with E-state index in [0.29, 0.717) is 29.3 Å². The second kappa shape index (κ2) is 10.5. The average molecular weight is 478 g/mol. The van der Waals surface area contributed by atoms with E-state index in [2.05, 4.69) is 41.2 Å². The average Bonchev–Trinajstić information content (AvgIpc) is 3.46. The van der Waals surface area contributed by atoms with Crippen molar-refractivity contribution < 1.29 is 14.3 Å². The number of hydrogen-bond donors (Lipinski definition) is 0. The highest BCUT2D eigenvalue weighted by Crippen LogP contribution is 2.43. The number of ether oxygens (including phenoxy) is 1. The summed E-state index contributed by atoms with van der Waals surface area (Å²) in [7, 11) is 1.42. The van der Waals surface area contributed by atoms with Crippen LogP contribution in [0.15, 0.2) is 30.5 Å². The molecule has 1 saturated heterocycles. The van der Waals surface area contributed by atoms with Gasteiger partial charge in [0.25, 0.3) is 0 Å². The van der Waals surface area contributed by atoms with Crippen molar-refractivity contribution in [3.8, 4) is 5.69 Å². The molecule has 3 aliphatic rings. The number of nitrogens with zero attached hydrogens (tertiary/aromatic N) is 3. The zero-order valence-electron chi connectivity index (χ0n) is 21.2. The van der Waals surface area contributed by atoms with Gasteiger partial charge in [0.15, 0.2) is 0 Å². The minimum atomic E-state index is -0.318. The van der Waals surface area contributed by atoms with Gasteiger partial charge in [-0.2, -0.15) is 5.10 Å². The van der Waals surface area contributed by atoms with Crippen molar-refractivity contribution in [2.75, 3.05) is 13.7 Å². The van der Waals surface area contributed by atoms with Gasteiger partial charge in [0, 0.05) is 24.4 Å². The van der Waals surface area contributed by atoms with Gasteiger partial charge in [-0.25, -0.2) is 9.48 Å². The van der Waals surface area contributed by atoms with Gasteiger partial charge in [-0.1, -0.05) is 38.3 Å². The summed E-state index contributed by atoms with van der Waals surface area (Å²) < 4.78 is 6.93. The fourth-order valence-electron chi connectivity index (χ4n) is 6.31. The monoisotopic (exact) mass is 477 g/mol. The molecule has 3 atom stereocenters. The SMILES string of the molecule is CCCCC1CCCN1C(=O)C1CCCC(c2cccc(-n3ncc(C(=O)OC)c3C3CC3)c2)C1. The van der Waals surface area contributed by atoms with Gasteiger partial charge in [-0.15, -0.1) is 0 Å². The number of methoxy groups -OCH3 is 1. The summed E-state index contributed by atoms with van der Waals surface area (Å²) in [5.41, 5.74) is 3.82. The first-order valence-corrected chi connectivity index (χ1v) is 13.7. The molecule has 2 heterocycles. The van der Waals surface area contributed by atoms with E-state index in [0.717, 1.165) is 69.3 Å². The largest absolute Gasteiger partial charge is 0.465 e. The normalized spacial score (nSPS) is 24.5. The maximum Gasteiger partial charge on any atom is 0.341 e. The Morgan fingerprint density at radius 2 is 1.94 bits per heavy atom. The number of amides is 1. The lowest BCUT2D eigenvalue weighted by molar-refractivity contribution is -0.137. The van der Waals surface area contributed by atoms with Gasteiger partial charge in [-0.05, 0) is 75.0 Å². The standard InChI is InChI=1S/C29H39N3O3/c1-3-4-11-24-13-7-16-31(24)28(33)23-10-5-8-21(17-23)22-9-6-12-25(18-22)32-27(20-14-15-20)26(19-30-32)29(34)35-2/h6,9,12,18-21,23-24H,3-5,7-8,10-11,13-17H2,1-2H3. The van der Waals surface area contributed by atoms with Crippen LogP contribution in [-0.2, 0) is 9.53 Å². The zero-order chi connectivity index (χ0) is 24.4. The van der Waals surface area contributed by atoms with Gasteiger partial charge in [-0.3, -0.25) is 4.79 Å². The van der Waals surface area contributed by atoms with Gasteiger partial charge in [0.1, 0.15) is 5.56 Å². The molecule has 1 aliphatic heterocycles. The minimum Gasteiger partial charge on any atom is -0.465 e. The van der Waals surface area contributed by atoms with Gasteiger partial charge in [0.2, 0.25) is 5.91 Å². The predicted molar refractivity (Wildman–Crippen MR) is 136 cm³/mol. The van der Waals surface area contributed by atoms with Crippen LogP contribution in [0.5, 0.6) is 0 Å². The summed E-state index contributed by atoms with van der Waals surface area (Å²) in [6, 6.07) is 9.03. The highest BCUT2D eigenvalue weighted by Gasteiger charge is 2.36. The molecule has 6 nitrogen and oxygen atoms in total. The Balaban J connectivity index is 1.33. The molecule has 3 unspecified atom stereocenters. The van der Waals surface area contributed by atoms with Crippen molar-refractivity contribution >= 4 is 11.9 Å². The number of likely N-dealkylation sites (tertiary alicyclic amines) is 1. The Labute approximate surface area is 209 Å². The number of carbonyl (C=O) groups is 2. The van der Waals surface area contributed by atoms with Crippen LogP contribution in [0.1, 0.15) is 111 Å². The second-order valence-electron chi connectivity index (χ2n) is 10.7. The third-order valence-electron chi connectivity index (χ3n) is 8.34. The van der Waals surface area contributed by atoms with E-state index in [9.17, 15) is 9.59 Å². The first-order valence-electron chi connectivity index (χ1n) is 13.7. The van der Waals surface area contributed by atoms with Crippen LogP contribution in [0.4, 0.5) is 0 Å². The smallest absolute Gasteiger partial charge is 0.341 e. The number of unbranched alkanes of at least 4 members (excludes halogenated alkanes) is 1. The van der Waals surface area contributed by atoms with Crippen molar-refractivity contribution in [2.24, 2.45) is 5.92 Å². The Hall–Kier alpha value is -2.63. The number of aromatic nitrogens is 2. The van der Waals surface area contributed by atoms with Gasteiger partial charge >= 0.3 is 5.97 Å². The Morgan fingerprint density at radius 3 is 2.71 bits per heavy atom. The predicted octanol–water partition coefficient (Wildman–Crippen LogP) is 5.99. The van der Waals surface area contributed by atoms with Crippen molar-refractivity contribution in [3.05, 3.63) is 47.3 Å². The lowest BCUT2D eigenvalue weighted by Gasteiger charge is -2.34. The summed E-state index contributed by atoms with van der Waals surface area (Å²) >= 11 is 0. The minimum absolute atomic E-state index is 0.136. The second-order valence-corrected chi connectivity index (χ2v) is 10.7. The zero-order valence-corrected chi connectivity index (χ0v) is 21.2. The molecular formula is C29H39N3O3. The number of carbonyl (C=O) groups excluding carboxylic acids is 2. The van der Waals surface area contributed by atoms with E-state index in [1.54, 1.807) is 6.20 Å². The number of rotatable bonds is 8. The summed E-state index contributed by atoms with van der Waals surface area (Å²) in [6.45, 7) is 3.17. The van der Waals surface area contributed by atoms with E-state index < -0.39 is 0 Å². The molecule has 35 heavy (non-hydrogen) atoms. The van der Waals surface area contributed by atoms with Crippen molar-refractivity contribution in [1.29, 1.82) is 0 Å². The van der Waals surface area contributed by atoms with Gasteiger partial charge < -0.3 is 9.64 Å². The molecule has 1 aromatic heterocycles. The van der Waals surface area contributed by atoms with Crippen LogP contribution in [0, 0.1) is 5.92 Å². The Kier molecular flexibility index (Phi) is 7.26. The summed E-state index contributed by atoms with van der Waals surface area (Å²) in [4.78, 5) is 28.1. The summed E-state index contributed by atoms with van der Waals surface area (Å²) in [6.07, 6.45) is 13.9. The molecule has 188 valence electrons. The first kappa shape index (κ1) is 24.1. The molecule has 2 aromatic rings. The van der Waals surface area contributed by atoms with Crippen LogP contribution in [-0.4, -0.2) is 46.3 Å². The lowest BCUT2D eigenvalue weighted by Crippen LogP contribution is -2.41. The maximum atomic E-state index is 13.5. The summed E-state index contributed by atoms with van der Waals surface area (Å²) in [5, 5.41) is 4.59. The topological polar surface area (TPSA) is 64.4 Å². The van der Waals surface area contributed by atoms with E-state index in [1.165, 1.54) is 31.9 Å². The van der Waals surface area contributed by atoms with E-state index >= 15 is 0 Å². The van der Waals surface area contributed by atoms with Crippen LogP contribution in [0.25, 0.3) is 5.69 Å². The summed E-state index contributed by atoms with van der Waals surface area (Å²) in [5.74, 6) is 0.970. The number of hydrogen-bond acceptors (Lipinski definition) is 4. The molecule has 2 saturated carbocycles. The van der Waals surface area contributed by atoms with Crippen molar-refractivity contribution in [1.82, 2.24) is 14.7 Å². The molecule has 1 amide bonds. The molecule has 0 bridgehead atoms. The van der Waals surface area contributed by atoms with Gasteiger partial charge in [0.05, 0.1) is 24.7 Å². The highest BCUT2D eigenvalue weighted by molar-refractivity contribution is 5.91. The Bertz CT molecular complexity index is 1060. The van der Waals surface area contributed by atoms with Crippen LogP contribution >= 0.6 is 0 Å². The molecule has 3 fully saturated rings. The fourth-order valence-corrected chi connectivity index (χ4v) is 6.31. The molecule has 0 radical (unpaired) electrons. The van der Waals surface area contributed by atoms with Crippen LogP contribution < -0.4 is 0 Å². The molecule has 2 aliphatic carbocycles. The highest BCUT2D eigenvalue weighted by atomic mass is 16.5. The third kappa shape index (κ3) is 5.03. The molecule has 6 heteroatoms. The molecule has 5 rings (SSSR count). The quantitative estimate of drug-likeness (QED) is 0.438. The molecule has 0 N–H and O–H groups in total. The van der Waals surface area contributed by atoms with E-state index in [-0.39, 0.29) is 11.9 Å². The lowest BCUT2D eigenvalue weighted by atomic mass is 9.77. The third-order valence-corrected chi connectivity index (χ3v) is 8.34. The maximum absolute atomic E-state index is 13.5. The van der Waals surface area contributed by atoms with Crippen molar-refractivity contribution in [3.63, 3.8) is 0 Å². The van der Waals surface area contributed by atoms with Crippen molar-refractivity contribution in [2.45, 2.75) is 95.4 Å². The van der Waals surface area contributed by atoms with Crippen LogP contribution in [0.2, 0.25) is 0 Å². The first-order chi connectivity index (χ1) is 17.1.